The third-order valence-electron chi connectivity index (χ3n) is 6.08. The number of allylic oxidation sites excluding steroid dienone is 1. The van der Waals surface area contributed by atoms with Crippen molar-refractivity contribution in [3.8, 4) is 5.88 Å². The second-order valence-electron chi connectivity index (χ2n) is 8.76. The van der Waals surface area contributed by atoms with Crippen LogP contribution in [0.15, 0.2) is 67.0 Å². The van der Waals surface area contributed by atoms with Gasteiger partial charge in [-0.05, 0) is 43.7 Å². The largest absolute Gasteiger partial charge is 0.472 e. The highest BCUT2D eigenvalue weighted by atomic mass is 19.4. The summed E-state index contributed by atoms with van der Waals surface area (Å²) >= 11 is 0. The number of nitrogens with one attached hydrogen (secondary N) is 1. The quantitative estimate of drug-likeness (QED) is 0.452. The topological polar surface area (TPSA) is 66.4 Å². The Bertz CT molecular complexity index is 1140. The molecule has 1 aromatic carbocycles. The predicted molar refractivity (Wildman–Crippen MR) is 133 cm³/mol. The van der Waals surface area contributed by atoms with Gasteiger partial charge in [0.15, 0.2) is 0 Å². The SMILES string of the molecule is C=C(C)N1CCN(c2ccc([C@@H](C)Nc3ccc(OCc4ccc(C(F)(F)F)nc4)nn3)cc2)CC1. The number of anilines is 2. The fourth-order valence-electron chi connectivity index (χ4n) is 3.93. The molecular formula is C26H29F3N6O. The first-order valence-electron chi connectivity index (χ1n) is 11.7. The Morgan fingerprint density at radius 2 is 1.75 bits per heavy atom. The average molecular weight is 499 g/mol. The van der Waals surface area contributed by atoms with Crippen molar-refractivity contribution in [3.63, 3.8) is 0 Å². The Morgan fingerprint density at radius 1 is 1.03 bits per heavy atom. The lowest BCUT2D eigenvalue weighted by Crippen LogP contribution is -2.45. The summed E-state index contributed by atoms with van der Waals surface area (Å²) in [6, 6.07) is 14.2. The summed E-state index contributed by atoms with van der Waals surface area (Å²) in [7, 11) is 0. The lowest BCUT2D eigenvalue weighted by Gasteiger charge is -2.37. The molecule has 0 aliphatic carbocycles. The van der Waals surface area contributed by atoms with Gasteiger partial charge in [0.2, 0.25) is 5.88 Å². The Kier molecular flexibility index (Phi) is 7.61. The minimum Gasteiger partial charge on any atom is -0.472 e. The third-order valence-corrected chi connectivity index (χ3v) is 6.08. The molecule has 0 radical (unpaired) electrons. The van der Waals surface area contributed by atoms with Crippen LogP contribution in [0, 0.1) is 0 Å². The lowest BCUT2D eigenvalue weighted by molar-refractivity contribution is -0.141. The van der Waals surface area contributed by atoms with E-state index in [9.17, 15) is 13.2 Å². The fraction of sp³-hybridized carbons (Fsp3) is 0.346. The molecule has 190 valence electrons. The minimum absolute atomic E-state index is 0.0126. The molecule has 0 spiro atoms. The van der Waals surface area contributed by atoms with Crippen molar-refractivity contribution in [1.29, 1.82) is 0 Å². The van der Waals surface area contributed by atoms with E-state index in [2.05, 4.69) is 61.1 Å². The van der Waals surface area contributed by atoms with E-state index >= 15 is 0 Å². The number of nitrogens with zero attached hydrogens (tertiary/aromatic N) is 5. The summed E-state index contributed by atoms with van der Waals surface area (Å²) in [6.07, 6.45) is -3.32. The van der Waals surface area contributed by atoms with Gasteiger partial charge in [0.1, 0.15) is 18.1 Å². The molecular weight excluding hydrogens is 469 g/mol. The van der Waals surface area contributed by atoms with Crippen molar-refractivity contribution in [2.24, 2.45) is 0 Å². The van der Waals surface area contributed by atoms with E-state index in [4.69, 9.17) is 4.74 Å². The van der Waals surface area contributed by atoms with E-state index in [0.717, 1.165) is 49.7 Å². The molecule has 1 fully saturated rings. The molecule has 1 atom stereocenters. The average Bonchev–Trinajstić information content (AvgIpc) is 2.88. The molecule has 0 amide bonds. The molecule has 7 nitrogen and oxygen atoms in total. The smallest absolute Gasteiger partial charge is 0.433 e. The Morgan fingerprint density at radius 3 is 2.31 bits per heavy atom. The Hall–Kier alpha value is -3.82. The van der Waals surface area contributed by atoms with Gasteiger partial charge in [-0.15, -0.1) is 10.2 Å². The molecule has 10 heteroatoms. The molecule has 0 saturated carbocycles. The number of pyridine rings is 1. The molecule has 1 aliphatic rings. The van der Waals surface area contributed by atoms with Crippen LogP contribution in [0.2, 0.25) is 0 Å². The molecule has 0 bridgehead atoms. The van der Waals surface area contributed by atoms with Crippen LogP contribution >= 0.6 is 0 Å². The number of hydrogen-bond acceptors (Lipinski definition) is 7. The van der Waals surface area contributed by atoms with Crippen LogP contribution in [0.3, 0.4) is 0 Å². The molecule has 2 aromatic heterocycles. The first kappa shape index (κ1) is 25.3. The maximum absolute atomic E-state index is 12.6. The Labute approximate surface area is 208 Å². The summed E-state index contributed by atoms with van der Waals surface area (Å²) in [5.41, 5.74) is 3.01. The number of ether oxygens (including phenoxy) is 1. The van der Waals surface area contributed by atoms with Crippen LogP contribution in [-0.4, -0.2) is 46.3 Å². The van der Waals surface area contributed by atoms with Gasteiger partial charge in [-0.25, -0.2) is 0 Å². The van der Waals surface area contributed by atoms with E-state index in [0.29, 0.717) is 11.4 Å². The maximum atomic E-state index is 12.6. The highest BCUT2D eigenvalue weighted by molar-refractivity contribution is 5.49. The second kappa shape index (κ2) is 10.8. The maximum Gasteiger partial charge on any atom is 0.433 e. The van der Waals surface area contributed by atoms with E-state index in [-0.39, 0.29) is 18.5 Å². The third kappa shape index (κ3) is 6.44. The van der Waals surface area contributed by atoms with Gasteiger partial charge in [0.05, 0.1) is 6.04 Å². The van der Waals surface area contributed by atoms with Crippen molar-refractivity contribution >= 4 is 11.5 Å². The molecule has 3 aromatic rings. The highest BCUT2D eigenvalue weighted by Crippen LogP contribution is 2.27. The second-order valence-corrected chi connectivity index (χ2v) is 8.76. The van der Waals surface area contributed by atoms with Gasteiger partial charge in [-0.2, -0.15) is 13.2 Å². The van der Waals surface area contributed by atoms with Crippen molar-refractivity contribution < 1.29 is 17.9 Å². The molecule has 0 unspecified atom stereocenters. The number of aromatic nitrogens is 3. The van der Waals surface area contributed by atoms with Crippen LogP contribution in [0.5, 0.6) is 5.88 Å². The molecule has 1 saturated heterocycles. The molecule has 4 rings (SSSR count). The summed E-state index contributed by atoms with van der Waals surface area (Å²) in [6.45, 7) is 12.1. The number of benzene rings is 1. The first-order valence-corrected chi connectivity index (χ1v) is 11.7. The van der Waals surface area contributed by atoms with Gasteiger partial charge in [-0.3, -0.25) is 4.98 Å². The molecule has 1 aliphatic heterocycles. The van der Waals surface area contributed by atoms with Crippen molar-refractivity contribution in [1.82, 2.24) is 20.1 Å². The van der Waals surface area contributed by atoms with E-state index in [1.807, 2.05) is 13.8 Å². The number of piperazine rings is 1. The normalized spacial score (nSPS) is 14.9. The van der Waals surface area contributed by atoms with E-state index < -0.39 is 11.9 Å². The zero-order chi connectivity index (χ0) is 25.7. The molecule has 1 N–H and O–H groups in total. The zero-order valence-corrected chi connectivity index (χ0v) is 20.3. The molecule has 36 heavy (non-hydrogen) atoms. The lowest BCUT2D eigenvalue weighted by atomic mass is 10.1. The summed E-state index contributed by atoms with van der Waals surface area (Å²) in [5, 5.41) is 11.5. The zero-order valence-electron chi connectivity index (χ0n) is 20.3. The molecule has 3 heterocycles. The standard InChI is InChI=1S/C26H29F3N6O/c1-18(2)34-12-14-35(15-13-34)22-7-5-21(6-8-22)19(3)31-24-10-11-25(33-32-24)36-17-20-4-9-23(30-16-20)26(27,28)29/h4-11,16,19H,1,12-15,17H2,2-3H3,(H,31,32)/t19-/m1/s1. The number of hydrogen-bond donors (Lipinski definition) is 1. The monoisotopic (exact) mass is 498 g/mol. The van der Waals surface area contributed by atoms with Crippen molar-refractivity contribution in [3.05, 3.63) is 83.8 Å². The predicted octanol–water partition coefficient (Wildman–Crippen LogP) is 5.30. The summed E-state index contributed by atoms with van der Waals surface area (Å²) in [4.78, 5) is 8.11. The van der Waals surface area contributed by atoms with Crippen LogP contribution in [0.4, 0.5) is 24.7 Å². The Balaban J connectivity index is 1.27. The fourth-order valence-corrected chi connectivity index (χ4v) is 3.93. The van der Waals surface area contributed by atoms with Crippen LogP contribution in [-0.2, 0) is 12.8 Å². The minimum atomic E-state index is -4.46. The number of halogens is 3. The summed E-state index contributed by atoms with van der Waals surface area (Å²) < 4.78 is 43.4. The first-order chi connectivity index (χ1) is 17.2. The van der Waals surface area contributed by atoms with E-state index in [1.54, 1.807) is 12.1 Å². The van der Waals surface area contributed by atoms with Crippen LogP contribution < -0.4 is 15.0 Å². The number of alkyl halides is 3. The van der Waals surface area contributed by atoms with Gasteiger partial charge < -0.3 is 19.9 Å². The van der Waals surface area contributed by atoms with Gasteiger partial charge >= 0.3 is 6.18 Å². The highest BCUT2D eigenvalue weighted by Gasteiger charge is 2.32. The van der Waals surface area contributed by atoms with Crippen LogP contribution in [0.25, 0.3) is 0 Å². The van der Waals surface area contributed by atoms with Gasteiger partial charge in [0, 0.05) is 55.4 Å². The number of rotatable bonds is 8. The summed E-state index contributed by atoms with van der Waals surface area (Å²) in [5.74, 6) is 0.857. The van der Waals surface area contributed by atoms with Crippen molar-refractivity contribution in [2.45, 2.75) is 32.7 Å². The van der Waals surface area contributed by atoms with Crippen LogP contribution in [0.1, 0.15) is 36.7 Å². The van der Waals surface area contributed by atoms with Crippen molar-refractivity contribution in [2.75, 3.05) is 36.4 Å². The van der Waals surface area contributed by atoms with Gasteiger partial charge in [-0.1, -0.05) is 24.8 Å². The van der Waals surface area contributed by atoms with E-state index in [1.165, 1.54) is 11.8 Å². The van der Waals surface area contributed by atoms with Gasteiger partial charge in [0.25, 0.3) is 0 Å².